The zero-order chi connectivity index (χ0) is 21.6. The first kappa shape index (κ1) is 20.1. The Kier molecular flexibility index (Phi) is 5.89. The van der Waals surface area contributed by atoms with Crippen LogP contribution >= 0.6 is 0 Å². The van der Waals surface area contributed by atoms with Crippen LogP contribution in [0.2, 0.25) is 0 Å². The Balaban J connectivity index is 1.32. The molecule has 2 N–H and O–H groups in total. The molecule has 156 valence electrons. The van der Waals surface area contributed by atoms with Gasteiger partial charge >= 0.3 is 0 Å². The van der Waals surface area contributed by atoms with Gasteiger partial charge in [-0.05, 0) is 68.4 Å². The van der Waals surface area contributed by atoms with Crippen LogP contribution in [0, 0.1) is 13.8 Å². The first-order valence-electron chi connectivity index (χ1n) is 9.79. The molecule has 8 nitrogen and oxygen atoms in total. The molecular weight excluding hydrogens is 392 g/mol. The zero-order valence-electron chi connectivity index (χ0n) is 17.2. The molecule has 0 unspecified atom stereocenters. The Bertz CT molecular complexity index is 1160. The second-order valence-electron chi connectivity index (χ2n) is 6.97. The number of carbonyl (C=O) groups is 1. The summed E-state index contributed by atoms with van der Waals surface area (Å²) in [6, 6.07) is 22.2. The second-order valence-corrected chi connectivity index (χ2v) is 6.97. The van der Waals surface area contributed by atoms with Crippen molar-refractivity contribution in [2.45, 2.75) is 13.8 Å². The molecule has 31 heavy (non-hydrogen) atoms. The lowest BCUT2D eigenvalue weighted by molar-refractivity contribution is -0.118. The maximum Gasteiger partial charge on any atom is 0.262 e. The fraction of sp³-hybridized carbons (Fsp3) is 0.130. The van der Waals surface area contributed by atoms with Gasteiger partial charge in [-0.15, -0.1) is 10.2 Å². The van der Waals surface area contributed by atoms with Gasteiger partial charge in [0, 0.05) is 17.1 Å². The zero-order valence-corrected chi connectivity index (χ0v) is 17.2. The van der Waals surface area contributed by atoms with Gasteiger partial charge in [0.25, 0.3) is 5.91 Å². The number of aromatic nitrogens is 4. The number of hydrogen-bond acceptors (Lipinski definition) is 6. The Morgan fingerprint density at radius 1 is 0.935 bits per heavy atom. The van der Waals surface area contributed by atoms with E-state index in [1.54, 1.807) is 28.9 Å². The third kappa shape index (κ3) is 5.24. The van der Waals surface area contributed by atoms with Crippen molar-refractivity contribution >= 4 is 23.1 Å². The molecule has 0 saturated carbocycles. The number of para-hydroxylation sites is 1. The van der Waals surface area contributed by atoms with Crippen molar-refractivity contribution in [3.05, 3.63) is 84.2 Å². The highest BCUT2D eigenvalue weighted by Crippen LogP contribution is 2.18. The Morgan fingerprint density at radius 2 is 1.68 bits per heavy atom. The minimum atomic E-state index is -0.227. The predicted octanol–water partition coefficient (Wildman–Crippen LogP) is 4.04. The molecule has 0 aliphatic heterocycles. The number of aryl methyl sites for hydroxylation is 2. The molecule has 4 rings (SSSR count). The van der Waals surface area contributed by atoms with Crippen molar-refractivity contribution < 1.29 is 9.53 Å². The minimum Gasteiger partial charge on any atom is -0.484 e. The molecule has 0 aliphatic rings. The second kappa shape index (κ2) is 9.08. The quantitative estimate of drug-likeness (QED) is 0.474. The van der Waals surface area contributed by atoms with Crippen LogP contribution in [0.4, 0.5) is 17.2 Å². The van der Waals surface area contributed by atoms with Crippen LogP contribution < -0.4 is 15.4 Å². The van der Waals surface area contributed by atoms with Crippen molar-refractivity contribution in [3.63, 3.8) is 0 Å². The van der Waals surface area contributed by atoms with E-state index in [9.17, 15) is 4.79 Å². The summed E-state index contributed by atoms with van der Waals surface area (Å²) in [4.78, 5) is 12.1. The molecule has 0 radical (unpaired) electrons. The van der Waals surface area contributed by atoms with Gasteiger partial charge < -0.3 is 15.4 Å². The van der Waals surface area contributed by atoms with E-state index in [4.69, 9.17) is 4.74 Å². The molecular formula is C23H22N6O2. The summed E-state index contributed by atoms with van der Waals surface area (Å²) < 4.78 is 7.20. The lowest BCUT2D eigenvalue weighted by Crippen LogP contribution is -2.20. The van der Waals surface area contributed by atoms with Crippen molar-refractivity contribution in [3.8, 4) is 11.6 Å². The van der Waals surface area contributed by atoms with Gasteiger partial charge in [-0.3, -0.25) is 4.79 Å². The van der Waals surface area contributed by atoms with E-state index in [-0.39, 0.29) is 12.5 Å². The predicted molar refractivity (Wildman–Crippen MR) is 119 cm³/mol. The third-order valence-electron chi connectivity index (χ3n) is 4.43. The number of hydrogen-bond donors (Lipinski definition) is 2. The van der Waals surface area contributed by atoms with Gasteiger partial charge in [-0.1, -0.05) is 18.2 Å². The number of benzene rings is 2. The average Bonchev–Trinajstić information content (AvgIpc) is 3.13. The topological polar surface area (TPSA) is 94.0 Å². The molecule has 0 fully saturated rings. The number of amides is 1. The molecule has 0 aliphatic carbocycles. The van der Waals surface area contributed by atoms with Crippen LogP contribution in [0.5, 0.6) is 5.75 Å². The van der Waals surface area contributed by atoms with Gasteiger partial charge in [0.2, 0.25) is 0 Å². The fourth-order valence-corrected chi connectivity index (χ4v) is 3.01. The van der Waals surface area contributed by atoms with Crippen LogP contribution in [-0.2, 0) is 4.79 Å². The lowest BCUT2D eigenvalue weighted by Gasteiger charge is -2.09. The van der Waals surface area contributed by atoms with E-state index in [0.29, 0.717) is 23.1 Å². The molecule has 2 aromatic carbocycles. The highest BCUT2D eigenvalue weighted by Gasteiger charge is 2.07. The molecule has 0 spiro atoms. The van der Waals surface area contributed by atoms with E-state index >= 15 is 0 Å². The monoisotopic (exact) mass is 414 g/mol. The van der Waals surface area contributed by atoms with Crippen LogP contribution in [0.3, 0.4) is 0 Å². The average molecular weight is 414 g/mol. The summed E-state index contributed by atoms with van der Waals surface area (Å²) in [5, 5.41) is 18.9. The van der Waals surface area contributed by atoms with Crippen LogP contribution in [0.25, 0.3) is 5.82 Å². The molecule has 1 amide bonds. The molecule has 0 atom stereocenters. The molecule has 8 heteroatoms. The van der Waals surface area contributed by atoms with E-state index in [1.165, 1.54) is 0 Å². The van der Waals surface area contributed by atoms with E-state index < -0.39 is 0 Å². The summed E-state index contributed by atoms with van der Waals surface area (Å²) >= 11 is 0. The Labute approximate surface area is 179 Å². The van der Waals surface area contributed by atoms with Crippen LogP contribution in [-0.4, -0.2) is 32.5 Å². The number of carbonyl (C=O) groups excluding carboxylic acids is 1. The number of nitrogens with one attached hydrogen (secondary N) is 2. The number of nitrogens with zero attached hydrogens (tertiary/aromatic N) is 4. The smallest absolute Gasteiger partial charge is 0.262 e. The summed E-state index contributed by atoms with van der Waals surface area (Å²) in [7, 11) is 0. The lowest BCUT2D eigenvalue weighted by atomic mass is 10.2. The van der Waals surface area contributed by atoms with Crippen molar-refractivity contribution in [1.29, 1.82) is 0 Å². The van der Waals surface area contributed by atoms with Crippen molar-refractivity contribution in [2.75, 3.05) is 17.2 Å². The van der Waals surface area contributed by atoms with Gasteiger partial charge in [-0.25, -0.2) is 4.68 Å². The Hall–Kier alpha value is -4.20. The molecule has 4 aromatic rings. The first-order chi connectivity index (χ1) is 15.1. The standard InChI is InChI=1S/C23H22N6O2/c1-16-14-17(2)29(28-16)22-13-12-21(26-27-22)24-18-8-10-19(11-9-18)25-23(30)15-31-20-6-4-3-5-7-20/h3-14H,15H2,1-2H3,(H,24,26)(H,25,30). The normalized spacial score (nSPS) is 10.5. The van der Waals surface area contributed by atoms with Gasteiger partial charge in [-0.2, -0.15) is 5.10 Å². The fourth-order valence-electron chi connectivity index (χ4n) is 3.01. The molecule has 0 bridgehead atoms. The summed E-state index contributed by atoms with van der Waals surface area (Å²) in [5.74, 6) is 1.70. The van der Waals surface area contributed by atoms with Gasteiger partial charge in [0.1, 0.15) is 5.75 Å². The largest absolute Gasteiger partial charge is 0.484 e. The van der Waals surface area contributed by atoms with E-state index in [1.807, 2.05) is 62.4 Å². The SMILES string of the molecule is Cc1cc(C)n(-c2ccc(Nc3ccc(NC(=O)COc4ccccc4)cc3)nn2)n1. The highest BCUT2D eigenvalue weighted by atomic mass is 16.5. The highest BCUT2D eigenvalue weighted by molar-refractivity contribution is 5.92. The van der Waals surface area contributed by atoms with Crippen LogP contribution in [0.1, 0.15) is 11.4 Å². The molecule has 0 saturated heterocycles. The van der Waals surface area contributed by atoms with Gasteiger partial charge in [0.05, 0.1) is 5.69 Å². The molecule has 2 heterocycles. The first-order valence-corrected chi connectivity index (χ1v) is 9.79. The Morgan fingerprint density at radius 3 is 2.32 bits per heavy atom. The van der Waals surface area contributed by atoms with Crippen molar-refractivity contribution in [1.82, 2.24) is 20.0 Å². The van der Waals surface area contributed by atoms with Crippen molar-refractivity contribution in [2.24, 2.45) is 0 Å². The maximum absolute atomic E-state index is 12.1. The number of ether oxygens (including phenoxy) is 1. The van der Waals surface area contributed by atoms with E-state index in [2.05, 4.69) is 25.9 Å². The summed E-state index contributed by atoms with van der Waals surface area (Å²) in [6.07, 6.45) is 0. The third-order valence-corrected chi connectivity index (χ3v) is 4.43. The summed E-state index contributed by atoms with van der Waals surface area (Å²) in [5.41, 5.74) is 3.43. The summed E-state index contributed by atoms with van der Waals surface area (Å²) in [6.45, 7) is 3.86. The number of rotatable bonds is 7. The minimum absolute atomic E-state index is 0.0544. The number of anilines is 3. The molecule has 2 aromatic heterocycles. The maximum atomic E-state index is 12.1. The van der Waals surface area contributed by atoms with Crippen LogP contribution in [0.15, 0.2) is 72.8 Å². The van der Waals surface area contributed by atoms with E-state index in [0.717, 1.165) is 17.1 Å². The van der Waals surface area contributed by atoms with Gasteiger partial charge in [0.15, 0.2) is 18.2 Å².